The Hall–Kier alpha value is -0.981. The molecule has 1 heterocycles. The number of benzene rings is 1. The molecule has 18 heavy (non-hydrogen) atoms. The molecule has 0 atom stereocenters. The zero-order chi connectivity index (χ0) is 12.5. The molecular formula is C16H18IrN-. The van der Waals surface area contributed by atoms with Crippen LogP contribution in [0.2, 0.25) is 0 Å². The Morgan fingerprint density at radius 3 is 2.33 bits per heavy atom. The van der Waals surface area contributed by atoms with E-state index in [1.165, 1.54) is 11.1 Å². The number of hydrogen-bond acceptors (Lipinski definition) is 1. The van der Waals surface area contributed by atoms with Crippen LogP contribution < -0.4 is 0 Å². The predicted octanol–water partition coefficient (Wildman–Crippen LogP) is 4.15. The number of nitrogens with zero attached hydrogens (tertiary/aromatic N) is 1. The van der Waals surface area contributed by atoms with E-state index in [-0.39, 0.29) is 25.5 Å². The molecule has 1 aromatic heterocycles. The van der Waals surface area contributed by atoms with Gasteiger partial charge in [0.2, 0.25) is 0 Å². The number of aromatic nitrogens is 1. The predicted molar refractivity (Wildman–Crippen MR) is 71.9 cm³/mol. The van der Waals surface area contributed by atoms with E-state index >= 15 is 0 Å². The third kappa shape index (κ3) is 3.51. The van der Waals surface area contributed by atoms with Crippen LogP contribution >= 0.6 is 0 Å². The summed E-state index contributed by atoms with van der Waals surface area (Å²) < 4.78 is 0. The summed E-state index contributed by atoms with van der Waals surface area (Å²) in [4.78, 5) is 4.37. The van der Waals surface area contributed by atoms with Crippen molar-refractivity contribution < 1.29 is 20.1 Å². The van der Waals surface area contributed by atoms with E-state index in [1.54, 1.807) is 0 Å². The standard InChI is InChI=1S/C16H18N.Ir/c1-12-9-10-17-15(11-12)13-5-7-14(8-6-13)16(2,3)4;/h5,7-11H,1-4H3;/q-1;. The van der Waals surface area contributed by atoms with Crippen molar-refractivity contribution in [1.82, 2.24) is 4.98 Å². The van der Waals surface area contributed by atoms with Crippen molar-refractivity contribution in [2.75, 3.05) is 0 Å². The number of aryl methyl sites for hydroxylation is 1. The van der Waals surface area contributed by atoms with E-state index in [0.717, 1.165) is 11.3 Å². The van der Waals surface area contributed by atoms with Gasteiger partial charge in [0.1, 0.15) is 0 Å². The average molecular weight is 417 g/mol. The molecule has 0 spiro atoms. The summed E-state index contributed by atoms with van der Waals surface area (Å²) in [6, 6.07) is 13.7. The van der Waals surface area contributed by atoms with Crippen LogP contribution in [-0.2, 0) is 25.5 Å². The van der Waals surface area contributed by atoms with Gasteiger partial charge in [0.25, 0.3) is 0 Å². The van der Waals surface area contributed by atoms with Crippen LogP contribution in [0.1, 0.15) is 31.9 Å². The van der Waals surface area contributed by atoms with Crippen molar-refractivity contribution in [3.05, 3.63) is 53.7 Å². The molecule has 0 bridgehead atoms. The molecule has 0 saturated heterocycles. The summed E-state index contributed by atoms with van der Waals surface area (Å²) in [6.45, 7) is 8.71. The van der Waals surface area contributed by atoms with Crippen molar-refractivity contribution in [3.63, 3.8) is 0 Å². The fourth-order valence-electron chi connectivity index (χ4n) is 1.73. The molecule has 0 aliphatic carbocycles. The molecule has 2 aromatic rings. The smallest absolute Gasteiger partial charge is 0.0163 e. The van der Waals surface area contributed by atoms with Crippen LogP contribution in [0, 0.1) is 13.0 Å². The molecule has 0 aliphatic rings. The maximum absolute atomic E-state index is 4.37. The van der Waals surface area contributed by atoms with Crippen molar-refractivity contribution in [1.29, 1.82) is 0 Å². The van der Waals surface area contributed by atoms with Crippen molar-refractivity contribution >= 4 is 0 Å². The van der Waals surface area contributed by atoms with Crippen LogP contribution in [-0.4, -0.2) is 4.98 Å². The molecule has 0 N–H and O–H groups in total. The Bertz CT molecular complexity index is 509. The molecule has 1 radical (unpaired) electrons. The second-order valence-electron chi connectivity index (χ2n) is 5.46. The molecule has 0 aliphatic heterocycles. The minimum absolute atomic E-state index is 0. The zero-order valence-electron chi connectivity index (χ0n) is 11.2. The molecule has 1 aromatic carbocycles. The van der Waals surface area contributed by atoms with Crippen molar-refractivity contribution in [3.8, 4) is 11.3 Å². The van der Waals surface area contributed by atoms with E-state index in [2.05, 4.69) is 63.0 Å². The summed E-state index contributed by atoms with van der Waals surface area (Å²) in [5.41, 5.74) is 4.75. The zero-order valence-corrected chi connectivity index (χ0v) is 13.6. The van der Waals surface area contributed by atoms with Gasteiger partial charge >= 0.3 is 0 Å². The molecule has 0 unspecified atom stereocenters. The van der Waals surface area contributed by atoms with Gasteiger partial charge < -0.3 is 4.98 Å². The summed E-state index contributed by atoms with van der Waals surface area (Å²) in [5, 5.41) is 0. The van der Waals surface area contributed by atoms with Crippen LogP contribution in [0.5, 0.6) is 0 Å². The first-order valence-corrected chi connectivity index (χ1v) is 5.92. The molecule has 97 valence electrons. The third-order valence-electron chi connectivity index (χ3n) is 2.87. The second kappa shape index (κ2) is 5.77. The monoisotopic (exact) mass is 417 g/mol. The maximum Gasteiger partial charge on any atom is 0.0163 e. The van der Waals surface area contributed by atoms with Crippen LogP contribution in [0.15, 0.2) is 36.5 Å². The SMILES string of the molecule is Cc1ccnc(-c2[c-]cc(C(C)(C)C)cc2)c1.[Ir]. The summed E-state index contributed by atoms with van der Waals surface area (Å²) in [6.07, 6.45) is 1.84. The average Bonchev–Trinajstić information content (AvgIpc) is 2.28. The Kier molecular flexibility index (Phi) is 4.84. The van der Waals surface area contributed by atoms with Gasteiger partial charge in [0.15, 0.2) is 0 Å². The third-order valence-corrected chi connectivity index (χ3v) is 2.87. The molecule has 0 saturated carbocycles. The topological polar surface area (TPSA) is 12.9 Å². The Morgan fingerprint density at radius 2 is 1.83 bits per heavy atom. The van der Waals surface area contributed by atoms with E-state index in [4.69, 9.17) is 0 Å². The van der Waals surface area contributed by atoms with Crippen LogP contribution in [0.3, 0.4) is 0 Å². The van der Waals surface area contributed by atoms with E-state index in [1.807, 2.05) is 12.3 Å². The Labute approximate surface area is 123 Å². The minimum Gasteiger partial charge on any atom is -0.305 e. The van der Waals surface area contributed by atoms with Gasteiger partial charge in [-0.05, 0) is 24.1 Å². The molecule has 0 fully saturated rings. The van der Waals surface area contributed by atoms with Crippen molar-refractivity contribution in [2.45, 2.75) is 33.1 Å². The summed E-state index contributed by atoms with van der Waals surface area (Å²) in [5.74, 6) is 0. The quantitative estimate of drug-likeness (QED) is 0.637. The van der Waals surface area contributed by atoms with Gasteiger partial charge in [-0.25, -0.2) is 0 Å². The van der Waals surface area contributed by atoms with Crippen LogP contribution in [0.4, 0.5) is 0 Å². The van der Waals surface area contributed by atoms with Gasteiger partial charge in [-0.15, -0.1) is 35.4 Å². The van der Waals surface area contributed by atoms with Crippen molar-refractivity contribution in [2.24, 2.45) is 0 Å². The largest absolute Gasteiger partial charge is 0.305 e. The molecule has 2 heteroatoms. The summed E-state index contributed by atoms with van der Waals surface area (Å²) in [7, 11) is 0. The van der Waals surface area contributed by atoms with Gasteiger partial charge in [-0.1, -0.05) is 32.4 Å². The number of pyridine rings is 1. The minimum atomic E-state index is 0. The first-order valence-electron chi connectivity index (χ1n) is 5.92. The number of hydrogen-bond donors (Lipinski definition) is 0. The van der Waals surface area contributed by atoms with E-state index in [9.17, 15) is 0 Å². The first kappa shape index (κ1) is 15.1. The van der Waals surface area contributed by atoms with Gasteiger partial charge in [-0.3, -0.25) is 0 Å². The fourth-order valence-corrected chi connectivity index (χ4v) is 1.73. The van der Waals surface area contributed by atoms with Crippen LogP contribution in [0.25, 0.3) is 11.3 Å². The van der Waals surface area contributed by atoms with E-state index in [0.29, 0.717) is 0 Å². The van der Waals surface area contributed by atoms with E-state index < -0.39 is 0 Å². The normalized spacial score (nSPS) is 10.9. The maximum atomic E-state index is 4.37. The van der Waals surface area contributed by atoms with Gasteiger partial charge in [-0.2, -0.15) is 0 Å². The second-order valence-corrected chi connectivity index (χ2v) is 5.46. The fraction of sp³-hybridized carbons (Fsp3) is 0.312. The Morgan fingerprint density at radius 1 is 1.11 bits per heavy atom. The number of rotatable bonds is 1. The molecule has 1 nitrogen and oxygen atoms in total. The van der Waals surface area contributed by atoms with Gasteiger partial charge in [0, 0.05) is 26.3 Å². The molecule has 0 amide bonds. The molecular weight excluding hydrogens is 398 g/mol. The van der Waals surface area contributed by atoms with Gasteiger partial charge in [0.05, 0.1) is 0 Å². The Balaban J connectivity index is 0.00000162. The molecule has 2 rings (SSSR count). The first-order chi connectivity index (χ1) is 7.97. The summed E-state index contributed by atoms with van der Waals surface area (Å²) >= 11 is 0.